The summed E-state index contributed by atoms with van der Waals surface area (Å²) in [5, 5.41) is 13.5. The molecule has 4 rings (SSSR count). The number of hydrogen-bond acceptors (Lipinski definition) is 8. The number of halogens is 1. The zero-order valence-electron chi connectivity index (χ0n) is 20.7. The van der Waals surface area contributed by atoms with E-state index in [0.29, 0.717) is 70.2 Å². The molecule has 0 unspecified atom stereocenters. The van der Waals surface area contributed by atoms with Crippen LogP contribution in [0, 0.1) is 11.3 Å². The van der Waals surface area contributed by atoms with E-state index in [1.807, 2.05) is 24.3 Å². The Morgan fingerprint density at radius 3 is 2.35 bits per heavy atom. The van der Waals surface area contributed by atoms with Crippen LogP contribution in [0.25, 0.3) is 10.9 Å². The topological polar surface area (TPSA) is 94.9 Å². The Hall–Kier alpha value is -4.35. The third kappa shape index (κ3) is 5.90. The number of nitrogens with zero attached hydrogens (tertiary/aromatic N) is 2. The Bertz CT molecular complexity index is 1420. The molecule has 1 aromatic heterocycles. The van der Waals surface area contributed by atoms with Crippen molar-refractivity contribution in [3.05, 3.63) is 66.4 Å². The lowest BCUT2D eigenvalue weighted by atomic mass is 10.1. The highest BCUT2D eigenvalue weighted by Gasteiger charge is 2.18. The third-order valence-corrected chi connectivity index (χ3v) is 5.76. The van der Waals surface area contributed by atoms with E-state index >= 15 is 0 Å². The Kier molecular flexibility index (Phi) is 8.39. The van der Waals surface area contributed by atoms with Crippen molar-refractivity contribution in [2.45, 2.75) is 6.42 Å². The standard InChI is InChI=1S/C28H26ClN3O5/c1-33-21-9-10-24(34-2)25(14-21)37-20-7-5-19(6-8-20)32-27-22-13-18(16-30)17-31-23(22)15-26(28(27)35-3)36-12-4-11-29/h5-10,13-15,17,32H,4,11-12H2,1-3H3. The van der Waals surface area contributed by atoms with Crippen molar-refractivity contribution < 1.29 is 23.7 Å². The molecule has 1 N–H and O–H groups in total. The van der Waals surface area contributed by atoms with E-state index in [0.717, 1.165) is 11.1 Å². The van der Waals surface area contributed by atoms with Crippen molar-refractivity contribution in [2.75, 3.05) is 39.1 Å². The molecule has 4 aromatic rings. The van der Waals surface area contributed by atoms with Gasteiger partial charge in [-0.25, -0.2) is 0 Å². The highest BCUT2D eigenvalue weighted by molar-refractivity contribution is 6.17. The van der Waals surface area contributed by atoms with E-state index in [1.165, 1.54) is 6.20 Å². The van der Waals surface area contributed by atoms with Crippen molar-refractivity contribution in [3.63, 3.8) is 0 Å². The maximum absolute atomic E-state index is 9.41. The molecule has 0 aliphatic heterocycles. The number of anilines is 2. The number of nitriles is 1. The molecule has 8 nitrogen and oxygen atoms in total. The average Bonchev–Trinajstić information content (AvgIpc) is 2.94. The van der Waals surface area contributed by atoms with Crippen LogP contribution in [-0.4, -0.2) is 38.8 Å². The number of hydrogen-bond donors (Lipinski definition) is 1. The van der Waals surface area contributed by atoms with Crippen molar-refractivity contribution in [1.82, 2.24) is 4.98 Å². The van der Waals surface area contributed by atoms with Crippen molar-refractivity contribution >= 4 is 33.9 Å². The zero-order chi connectivity index (χ0) is 26.2. The minimum atomic E-state index is 0.431. The van der Waals surface area contributed by atoms with E-state index in [9.17, 15) is 5.26 Å². The fourth-order valence-corrected chi connectivity index (χ4v) is 3.81. The third-order valence-electron chi connectivity index (χ3n) is 5.50. The molecule has 0 saturated carbocycles. The second kappa shape index (κ2) is 12.1. The molecular formula is C28H26ClN3O5. The number of pyridine rings is 1. The first kappa shape index (κ1) is 25.7. The number of ether oxygens (including phenoxy) is 5. The van der Waals surface area contributed by atoms with Gasteiger partial charge in [-0.1, -0.05) is 0 Å². The molecule has 37 heavy (non-hydrogen) atoms. The highest BCUT2D eigenvalue weighted by atomic mass is 35.5. The van der Waals surface area contributed by atoms with Crippen LogP contribution in [0.5, 0.6) is 34.5 Å². The van der Waals surface area contributed by atoms with Gasteiger partial charge < -0.3 is 29.0 Å². The summed E-state index contributed by atoms with van der Waals surface area (Å²) in [6.45, 7) is 0.431. The first-order valence-corrected chi connectivity index (χ1v) is 12.0. The van der Waals surface area contributed by atoms with Crippen LogP contribution in [-0.2, 0) is 0 Å². The lowest BCUT2D eigenvalue weighted by Crippen LogP contribution is -2.03. The molecule has 0 atom stereocenters. The highest BCUT2D eigenvalue weighted by Crippen LogP contribution is 2.43. The van der Waals surface area contributed by atoms with Crippen LogP contribution in [0.4, 0.5) is 11.4 Å². The zero-order valence-corrected chi connectivity index (χ0v) is 21.5. The van der Waals surface area contributed by atoms with Gasteiger partial charge in [0.25, 0.3) is 0 Å². The van der Waals surface area contributed by atoms with E-state index in [2.05, 4.69) is 16.4 Å². The van der Waals surface area contributed by atoms with Crippen LogP contribution in [0.1, 0.15) is 12.0 Å². The monoisotopic (exact) mass is 519 g/mol. The van der Waals surface area contributed by atoms with Crippen LogP contribution >= 0.6 is 11.6 Å². The molecule has 0 bridgehead atoms. The van der Waals surface area contributed by atoms with Gasteiger partial charge in [0, 0.05) is 35.3 Å². The summed E-state index contributed by atoms with van der Waals surface area (Å²) < 4.78 is 28.4. The Labute approximate surface area is 220 Å². The van der Waals surface area contributed by atoms with Crippen molar-refractivity contribution in [3.8, 4) is 40.6 Å². The molecule has 0 fully saturated rings. The predicted molar refractivity (Wildman–Crippen MR) is 143 cm³/mol. The number of benzene rings is 3. The number of aromatic nitrogens is 1. The van der Waals surface area contributed by atoms with Crippen LogP contribution < -0.4 is 29.0 Å². The maximum atomic E-state index is 9.41. The smallest absolute Gasteiger partial charge is 0.185 e. The van der Waals surface area contributed by atoms with Gasteiger partial charge in [-0.15, -0.1) is 11.6 Å². The van der Waals surface area contributed by atoms with E-state index < -0.39 is 0 Å². The Morgan fingerprint density at radius 1 is 0.892 bits per heavy atom. The van der Waals surface area contributed by atoms with Gasteiger partial charge in [-0.05, 0) is 48.9 Å². The quantitative estimate of drug-likeness (QED) is 0.173. The Morgan fingerprint density at radius 2 is 1.68 bits per heavy atom. The van der Waals surface area contributed by atoms with Crippen molar-refractivity contribution in [1.29, 1.82) is 5.26 Å². The normalized spacial score (nSPS) is 10.5. The van der Waals surface area contributed by atoms with Gasteiger partial charge in [0.15, 0.2) is 23.0 Å². The first-order chi connectivity index (χ1) is 18.1. The lowest BCUT2D eigenvalue weighted by molar-refractivity contribution is 0.296. The first-order valence-electron chi connectivity index (χ1n) is 11.5. The largest absolute Gasteiger partial charge is 0.497 e. The molecule has 0 aliphatic rings. The van der Waals surface area contributed by atoms with E-state index in [4.69, 9.17) is 35.3 Å². The summed E-state index contributed by atoms with van der Waals surface area (Å²) in [4.78, 5) is 4.44. The molecule has 0 aliphatic carbocycles. The molecule has 1 heterocycles. The van der Waals surface area contributed by atoms with Crippen LogP contribution in [0.2, 0.25) is 0 Å². The van der Waals surface area contributed by atoms with Gasteiger partial charge in [0.2, 0.25) is 0 Å². The van der Waals surface area contributed by atoms with Crippen molar-refractivity contribution in [2.24, 2.45) is 0 Å². The predicted octanol–water partition coefficient (Wildman–Crippen LogP) is 6.68. The molecule has 190 valence electrons. The summed E-state index contributed by atoms with van der Waals surface area (Å²) in [6, 6.07) is 18.5. The number of rotatable bonds is 11. The van der Waals surface area contributed by atoms with E-state index in [-0.39, 0.29) is 0 Å². The van der Waals surface area contributed by atoms with Gasteiger partial charge in [0.1, 0.15) is 17.6 Å². The summed E-state index contributed by atoms with van der Waals surface area (Å²) in [5.41, 5.74) is 2.50. The molecule has 9 heteroatoms. The van der Waals surface area contributed by atoms with Gasteiger partial charge in [-0.2, -0.15) is 5.26 Å². The maximum Gasteiger partial charge on any atom is 0.185 e. The summed E-state index contributed by atoms with van der Waals surface area (Å²) in [5.74, 6) is 3.91. The average molecular weight is 520 g/mol. The molecule has 0 spiro atoms. The van der Waals surface area contributed by atoms with Crippen LogP contribution in [0.3, 0.4) is 0 Å². The summed E-state index contributed by atoms with van der Waals surface area (Å²) >= 11 is 5.81. The number of methoxy groups -OCH3 is 3. The Balaban J connectivity index is 1.67. The number of nitrogens with one attached hydrogen (secondary N) is 1. The lowest BCUT2D eigenvalue weighted by Gasteiger charge is -2.18. The summed E-state index contributed by atoms with van der Waals surface area (Å²) in [7, 11) is 4.75. The molecule has 0 saturated heterocycles. The second-order valence-corrected chi connectivity index (χ2v) is 8.22. The molecule has 0 radical (unpaired) electrons. The molecule has 0 amide bonds. The second-order valence-electron chi connectivity index (χ2n) is 7.84. The fourth-order valence-electron chi connectivity index (χ4n) is 3.70. The minimum absolute atomic E-state index is 0.431. The molecular weight excluding hydrogens is 494 g/mol. The van der Waals surface area contributed by atoms with E-state index in [1.54, 1.807) is 51.7 Å². The van der Waals surface area contributed by atoms with Gasteiger partial charge in [-0.3, -0.25) is 4.98 Å². The van der Waals surface area contributed by atoms with Crippen LogP contribution in [0.15, 0.2) is 60.8 Å². The fraction of sp³-hybridized carbons (Fsp3) is 0.214. The van der Waals surface area contributed by atoms with Gasteiger partial charge in [0.05, 0.1) is 44.7 Å². The molecule has 3 aromatic carbocycles. The number of alkyl halides is 1. The summed E-state index contributed by atoms with van der Waals surface area (Å²) in [6.07, 6.45) is 2.21. The SMILES string of the molecule is COc1ccc(OC)c(Oc2ccc(Nc3c(OC)c(OCCCCl)cc4ncc(C#N)cc34)cc2)c1. The number of fused-ring (bicyclic) bond motifs is 1. The minimum Gasteiger partial charge on any atom is -0.497 e. The van der Waals surface area contributed by atoms with Gasteiger partial charge >= 0.3 is 0 Å².